The van der Waals surface area contributed by atoms with Crippen LogP contribution < -0.4 is 14.8 Å². The first-order valence-corrected chi connectivity index (χ1v) is 10.6. The summed E-state index contributed by atoms with van der Waals surface area (Å²) in [4.78, 5) is 2.51. The van der Waals surface area contributed by atoms with Gasteiger partial charge in [0.15, 0.2) is 11.5 Å². The van der Waals surface area contributed by atoms with Gasteiger partial charge in [0.2, 0.25) is 0 Å². The van der Waals surface area contributed by atoms with Crippen LogP contribution in [0.4, 0.5) is 4.39 Å². The highest BCUT2D eigenvalue weighted by molar-refractivity contribution is 6.32. The third-order valence-electron chi connectivity index (χ3n) is 5.29. The van der Waals surface area contributed by atoms with Gasteiger partial charge in [0.1, 0.15) is 12.4 Å². The van der Waals surface area contributed by atoms with E-state index in [1.165, 1.54) is 31.5 Å². The maximum atomic E-state index is 13.2. The highest BCUT2D eigenvalue weighted by atomic mass is 35.5. The number of nitrogens with one attached hydrogen (secondary N) is 1. The van der Waals surface area contributed by atoms with Crippen LogP contribution in [-0.2, 0) is 13.2 Å². The zero-order chi connectivity index (χ0) is 20.8. The van der Waals surface area contributed by atoms with Gasteiger partial charge in [0.25, 0.3) is 0 Å². The van der Waals surface area contributed by atoms with Crippen LogP contribution >= 0.6 is 23.2 Å². The topological polar surface area (TPSA) is 33.7 Å². The molecule has 1 unspecified atom stereocenters. The van der Waals surface area contributed by atoms with Crippen molar-refractivity contribution in [2.45, 2.75) is 39.0 Å². The number of benzene rings is 2. The number of likely N-dealkylation sites (N-methyl/N-ethyl adjacent to an activating group) is 1. The third kappa shape index (κ3) is 5.76. The van der Waals surface area contributed by atoms with Crippen LogP contribution in [-0.4, -0.2) is 37.7 Å². The molecule has 3 rings (SSSR count). The average molecular weight is 441 g/mol. The molecular weight excluding hydrogens is 414 g/mol. The second-order valence-corrected chi connectivity index (χ2v) is 8.00. The van der Waals surface area contributed by atoms with Gasteiger partial charge in [-0.25, -0.2) is 4.39 Å². The van der Waals surface area contributed by atoms with Gasteiger partial charge in [-0.05, 0) is 55.8 Å². The predicted octanol–water partition coefficient (Wildman–Crippen LogP) is 5.29. The lowest BCUT2D eigenvalue weighted by atomic mass is 10.1. The Bertz CT molecular complexity index is 835. The molecule has 1 atom stereocenters. The minimum absolute atomic E-state index is 0.168. The van der Waals surface area contributed by atoms with Crippen LogP contribution in [0, 0.1) is 5.82 Å². The van der Waals surface area contributed by atoms with Crippen molar-refractivity contribution in [3.63, 3.8) is 0 Å². The van der Waals surface area contributed by atoms with Crippen molar-refractivity contribution in [1.82, 2.24) is 10.2 Å². The Morgan fingerprint density at radius 2 is 2.03 bits per heavy atom. The lowest BCUT2D eigenvalue weighted by Crippen LogP contribution is -2.37. The molecule has 2 aromatic carbocycles. The summed E-state index contributed by atoms with van der Waals surface area (Å²) < 4.78 is 24.5. The standard InChI is InChI=1S/C22H27Cl2FN2O2/c1-3-27-8-4-5-18(27)13-26-12-15-9-20(24)22(21(10-15)28-2)29-14-16-6-7-17(25)11-19(16)23/h6-7,9-11,18,26H,3-5,8,12-14H2,1-2H3. The summed E-state index contributed by atoms with van der Waals surface area (Å²) in [5.74, 6) is 0.626. The van der Waals surface area contributed by atoms with Crippen molar-refractivity contribution >= 4 is 23.2 Å². The fraction of sp³-hybridized carbons (Fsp3) is 0.455. The molecule has 7 heteroatoms. The Kier molecular flexibility index (Phi) is 8.01. The van der Waals surface area contributed by atoms with Crippen molar-refractivity contribution in [2.75, 3.05) is 26.7 Å². The molecular formula is C22H27Cl2FN2O2. The maximum Gasteiger partial charge on any atom is 0.180 e. The number of hydrogen-bond donors (Lipinski definition) is 1. The zero-order valence-electron chi connectivity index (χ0n) is 16.8. The molecule has 0 amide bonds. The van der Waals surface area contributed by atoms with Gasteiger partial charge in [-0.15, -0.1) is 0 Å². The van der Waals surface area contributed by atoms with Crippen LogP contribution in [0.2, 0.25) is 10.0 Å². The first-order chi connectivity index (χ1) is 14.0. The van der Waals surface area contributed by atoms with E-state index in [4.69, 9.17) is 32.7 Å². The van der Waals surface area contributed by atoms with Gasteiger partial charge < -0.3 is 14.8 Å². The Morgan fingerprint density at radius 3 is 2.76 bits per heavy atom. The van der Waals surface area contributed by atoms with Gasteiger partial charge in [0, 0.05) is 24.7 Å². The predicted molar refractivity (Wildman–Crippen MR) is 116 cm³/mol. The van der Waals surface area contributed by atoms with E-state index in [9.17, 15) is 4.39 Å². The lowest BCUT2D eigenvalue weighted by molar-refractivity contribution is 0.260. The number of halogens is 3. The SMILES string of the molecule is CCN1CCCC1CNCc1cc(Cl)c(OCc2ccc(F)cc2Cl)c(OC)c1. The molecule has 1 aliphatic heterocycles. The fourth-order valence-corrected chi connectivity index (χ4v) is 4.24. The number of hydrogen-bond acceptors (Lipinski definition) is 4. The van der Waals surface area contributed by atoms with Crippen molar-refractivity contribution in [3.05, 3.63) is 57.3 Å². The van der Waals surface area contributed by atoms with E-state index < -0.39 is 0 Å². The normalized spacial score (nSPS) is 16.9. The van der Waals surface area contributed by atoms with E-state index in [0.717, 1.165) is 18.7 Å². The summed E-state index contributed by atoms with van der Waals surface area (Å²) in [7, 11) is 1.58. The lowest BCUT2D eigenvalue weighted by Gasteiger charge is -2.23. The molecule has 4 nitrogen and oxygen atoms in total. The van der Waals surface area contributed by atoms with Crippen LogP contribution in [0.1, 0.15) is 30.9 Å². The van der Waals surface area contributed by atoms with E-state index in [0.29, 0.717) is 39.7 Å². The quantitative estimate of drug-likeness (QED) is 0.573. The smallest absolute Gasteiger partial charge is 0.180 e. The second-order valence-electron chi connectivity index (χ2n) is 7.19. The number of likely N-dealkylation sites (tertiary alicyclic amines) is 1. The Morgan fingerprint density at radius 1 is 1.21 bits per heavy atom. The summed E-state index contributed by atoms with van der Waals surface area (Å²) >= 11 is 12.5. The summed E-state index contributed by atoms with van der Waals surface area (Å²) in [6.07, 6.45) is 2.51. The minimum Gasteiger partial charge on any atom is -0.493 e. The summed E-state index contributed by atoms with van der Waals surface area (Å²) in [5.41, 5.74) is 1.70. The first-order valence-electron chi connectivity index (χ1n) is 9.89. The molecule has 0 bridgehead atoms. The highest BCUT2D eigenvalue weighted by Crippen LogP contribution is 2.37. The van der Waals surface area contributed by atoms with Crippen molar-refractivity contribution in [2.24, 2.45) is 0 Å². The van der Waals surface area contributed by atoms with Crippen LogP contribution in [0.25, 0.3) is 0 Å². The molecule has 0 radical (unpaired) electrons. The number of rotatable bonds is 9. The molecule has 1 aliphatic rings. The summed E-state index contributed by atoms with van der Waals surface area (Å²) in [5, 5.41) is 4.31. The van der Waals surface area contributed by atoms with Crippen LogP contribution in [0.3, 0.4) is 0 Å². The number of methoxy groups -OCH3 is 1. The van der Waals surface area contributed by atoms with Crippen LogP contribution in [0.5, 0.6) is 11.5 Å². The van der Waals surface area contributed by atoms with Crippen LogP contribution in [0.15, 0.2) is 30.3 Å². The molecule has 0 aliphatic carbocycles. The molecule has 29 heavy (non-hydrogen) atoms. The third-order valence-corrected chi connectivity index (χ3v) is 5.92. The zero-order valence-corrected chi connectivity index (χ0v) is 18.3. The molecule has 2 aromatic rings. The fourth-order valence-electron chi connectivity index (χ4n) is 3.73. The highest BCUT2D eigenvalue weighted by Gasteiger charge is 2.22. The van der Waals surface area contributed by atoms with Crippen molar-refractivity contribution in [3.8, 4) is 11.5 Å². The molecule has 0 aromatic heterocycles. The van der Waals surface area contributed by atoms with E-state index >= 15 is 0 Å². The Labute approximate surface area is 181 Å². The van der Waals surface area contributed by atoms with Gasteiger partial charge in [0.05, 0.1) is 17.2 Å². The molecule has 1 heterocycles. The molecule has 1 saturated heterocycles. The molecule has 1 fully saturated rings. The monoisotopic (exact) mass is 440 g/mol. The summed E-state index contributed by atoms with van der Waals surface area (Å²) in [6, 6.07) is 8.61. The van der Waals surface area contributed by atoms with Crippen molar-refractivity contribution < 1.29 is 13.9 Å². The van der Waals surface area contributed by atoms with Gasteiger partial charge in [-0.2, -0.15) is 0 Å². The minimum atomic E-state index is -0.383. The van der Waals surface area contributed by atoms with Gasteiger partial charge >= 0.3 is 0 Å². The molecule has 0 saturated carbocycles. The number of ether oxygens (including phenoxy) is 2. The van der Waals surface area contributed by atoms with E-state index in [1.54, 1.807) is 13.2 Å². The van der Waals surface area contributed by atoms with E-state index in [2.05, 4.69) is 17.1 Å². The summed E-state index contributed by atoms with van der Waals surface area (Å²) in [6.45, 7) is 6.31. The second kappa shape index (κ2) is 10.5. The van der Waals surface area contributed by atoms with Crippen molar-refractivity contribution in [1.29, 1.82) is 0 Å². The average Bonchev–Trinajstić information content (AvgIpc) is 3.15. The molecule has 158 valence electrons. The van der Waals surface area contributed by atoms with E-state index in [1.807, 2.05) is 12.1 Å². The van der Waals surface area contributed by atoms with Gasteiger partial charge in [-0.1, -0.05) is 36.2 Å². The Hall–Kier alpha value is -1.53. The molecule has 0 spiro atoms. The maximum absolute atomic E-state index is 13.2. The largest absolute Gasteiger partial charge is 0.493 e. The number of nitrogens with zero attached hydrogens (tertiary/aromatic N) is 1. The van der Waals surface area contributed by atoms with E-state index in [-0.39, 0.29) is 12.4 Å². The first kappa shape index (κ1) is 22.2. The molecule has 1 N–H and O–H groups in total. The van der Waals surface area contributed by atoms with Gasteiger partial charge in [-0.3, -0.25) is 4.90 Å². The Balaban J connectivity index is 1.62.